The highest BCUT2D eigenvalue weighted by Gasteiger charge is 2.32. The summed E-state index contributed by atoms with van der Waals surface area (Å²) in [5, 5.41) is 0. The van der Waals surface area contributed by atoms with E-state index in [0.29, 0.717) is 12.8 Å². The molecule has 3 rings (SSSR count). The summed E-state index contributed by atoms with van der Waals surface area (Å²) < 4.78 is 4.78. The van der Waals surface area contributed by atoms with Gasteiger partial charge >= 0.3 is 5.97 Å². The van der Waals surface area contributed by atoms with Crippen LogP contribution in [0.15, 0.2) is 24.5 Å². The van der Waals surface area contributed by atoms with Gasteiger partial charge in [0.25, 0.3) is 0 Å². The summed E-state index contributed by atoms with van der Waals surface area (Å²) in [5.74, 6) is -1.49. The van der Waals surface area contributed by atoms with Gasteiger partial charge in [-0.25, -0.2) is 4.79 Å². The molecular weight excluding hydrogens is 256 g/mol. The monoisotopic (exact) mass is 270 g/mol. The molecule has 1 aliphatic rings. The lowest BCUT2D eigenvalue weighted by Crippen LogP contribution is -2.26. The zero-order chi connectivity index (χ0) is 14.1. The molecule has 0 saturated carbocycles. The number of Topliss-reactive ketones (excluding diaryl/α,β-unsaturated/α-hetero) is 1. The standard InChI is InChI=1S/C15H14N2O3/c1-2-20-15(19)14(18)11-5-9-7-12-13(8-10(9)6-11)17-4-3-16-12/h3-4,7-8,11H,2,5-6H2,1H3. The van der Waals surface area contributed by atoms with Gasteiger partial charge in [0.2, 0.25) is 5.78 Å². The van der Waals surface area contributed by atoms with Crippen LogP contribution < -0.4 is 0 Å². The van der Waals surface area contributed by atoms with E-state index in [1.807, 2.05) is 12.1 Å². The highest BCUT2D eigenvalue weighted by atomic mass is 16.5. The second-order valence-corrected chi connectivity index (χ2v) is 4.86. The van der Waals surface area contributed by atoms with Crippen molar-refractivity contribution in [3.05, 3.63) is 35.7 Å². The smallest absolute Gasteiger partial charge is 0.374 e. The first-order valence-electron chi connectivity index (χ1n) is 6.62. The van der Waals surface area contributed by atoms with Crippen molar-refractivity contribution in [3.63, 3.8) is 0 Å². The first-order chi connectivity index (χ1) is 9.69. The van der Waals surface area contributed by atoms with E-state index in [9.17, 15) is 9.59 Å². The van der Waals surface area contributed by atoms with E-state index in [2.05, 4.69) is 9.97 Å². The molecule has 0 radical (unpaired) electrons. The number of carbonyl (C=O) groups excluding carboxylic acids is 2. The first kappa shape index (κ1) is 12.7. The molecule has 1 heterocycles. The lowest BCUT2D eigenvalue weighted by molar-refractivity contribution is -0.155. The SMILES string of the molecule is CCOC(=O)C(=O)C1Cc2cc3nccnc3cc2C1. The zero-order valence-electron chi connectivity index (χ0n) is 11.1. The van der Waals surface area contributed by atoms with Crippen molar-refractivity contribution in [1.29, 1.82) is 0 Å². The van der Waals surface area contributed by atoms with Crippen molar-refractivity contribution in [1.82, 2.24) is 9.97 Å². The van der Waals surface area contributed by atoms with Crippen molar-refractivity contribution >= 4 is 22.8 Å². The maximum Gasteiger partial charge on any atom is 0.374 e. The molecule has 2 aromatic rings. The Labute approximate surface area is 116 Å². The van der Waals surface area contributed by atoms with Crippen LogP contribution in [0.5, 0.6) is 0 Å². The van der Waals surface area contributed by atoms with Gasteiger partial charge in [0.15, 0.2) is 0 Å². The minimum absolute atomic E-state index is 0.224. The van der Waals surface area contributed by atoms with E-state index in [1.54, 1.807) is 19.3 Å². The fourth-order valence-corrected chi connectivity index (χ4v) is 2.63. The van der Waals surface area contributed by atoms with Crippen LogP contribution in [-0.2, 0) is 27.2 Å². The molecule has 0 N–H and O–H groups in total. The van der Waals surface area contributed by atoms with E-state index < -0.39 is 11.8 Å². The Bertz CT molecular complexity index is 652. The number of nitrogens with zero attached hydrogens (tertiary/aromatic N) is 2. The van der Waals surface area contributed by atoms with Crippen LogP contribution in [0.2, 0.25) is 0 Å². The van der Waals surface area contributed by atoms with E-state index in [4.69, 9.17) is 4.74 Å². The molecule has 0 atom stereocenters. The van der Waals surface area contributed by atoms with E-state index in [1.165, 1.54) is 0 Å². The Morgan fingerprint density at radius 2 is 1.70 bits per heavy atom. The number of hydrogen-bond acceptors (Lipinski definition) is 5. The number of ether oxygens (including phenoxy) is 1. The number of hydrogen-bond donors (Lipinski definition) is 0. The van der Waals surface area contributed by atoms with Crippen LogP contribution in [-0.4, -0.2) is 28.3 Å². The van der Waals surface area contributed by atoms with Crippen LogP contribution in [0, 0.1) is 5.92 Å². The van der Waals surface area contributed by atoms with Crippen LogP contribution in [0.4, 0.5) is 0 Å². The maximum atomic E-state index is 12.0. The molecule has 0 unspecified atom stereocenters. The average Bonchev–Trinajstić information content (AvgIpc) is 2.86. The predicted octanol–water partition coefficient (Wildman–Crippen LogP) is 1.48. The van der Waals surface area contributed by atoms with Gasteiger partial charge in [-0.15, -0.1) is 0 Å². The molecule has 0 saturated heterocycles. The second-order valence-electron chi connectivity index (χ2n) is 4.86. The summed E-state index contributed by atoms with van der Waals surface area (Å²) in [5.41, 5.74) is 3.77. The molecule has 1 aromatic carbocycles. The van der Waals surface area contributed by atoms with Gasteiger partial charge in [-0.05, 0) is 43.0 Å². The van der Waals surface area contributed by atoms with E-state index >= 15 is 0 Å². The highest BCUT2D eigenvalue weighted by molar-refractivity contribution is 6.34. The van der Waals surface area contributed by atoms with Crippen molar-refractivity contribution in [3.8, 4) is 0 Å². The molecule has 20 heavy (non-hydrogen) atoms. The van der Waals surface area contributed by atoms with Gasteiger partial charge in [0, 0.05) is 18.3 Å². The predicted molar refractivity (Wildman–Crippen MR) is 72.1 cm³/mol. The zero-order valence-corrected chi connectivity index (χ0v) is 11.1. The third-order valence-electron chi connectivity index (χ3n) is 3.57. The molecule has 1 aliphatic carbocycles. The van der Waals surface area contributed by atoms with E-state index in [0.717, 1.165) is 22.2 Å². The van der Waals surface area contributed by atoms with Gasteiger partial charge in [0.1, 0.15) is 0 Å². The Morgan fingerprint density at radius 1 is 1.15 bits per heavy atom. The number of benzene rings is 1. The fourth-order valence-electron chi connectivity index (χ4n) is 2.63. The third-order valence-corrected chi connectivity index (χ3v) is 3.57. The molecule has 102 valence electrons. The van der Waals surface area contributed by atoms with Crippen LogP contribution in [0.1, 0.15) is 18.1 Å². The molecule has 0 bridgehead atoms. The number of rotatable bonds is 3. The normalized spacial score (nSPS) is 14.2. The number of ketones is 1. The molecular formula is C15H14N2O3. The second kappa shape index (κ2) is 5.00. The van der Waals surface area contributed by atoms with Crippen LogP contribution >= 0.6 is 0 Å². The maximum absolute atomic E-state index is 12.0. The summed E-state index contributed by atoms with van der Waals surface area (Å²) in [6, 6.07) is 3.91. The van der Waals surface area contributed by atoms with Crippen molar-refractivity contribution < 1.29 is 14.3 Å². The Hall–Kier alpha value is -2.30. The molecule has 0 amide bonds. The molecule has 0 fully saturated rings. The summed E-state index contributed by atoms with van der Waals surface area (Å²) >= 11 is 0. The van der Waals surface area contributed by atoms with Crippen LogP contribution in [0.3, 0.4) is 0 Å². The van der Waals surface area contributed by atoms with Crippen molar-refractivity contribution in [2.75, 3.05) is 6.61 Å². The molecule has 5 heteroatoms. The summed E-state index contributed by atoms with van der Waals surface area (Å²) in [7, 11) is 0. The van der Waals surface area contributed by atoms with Gasteiger partial charge in [-0.1, -0.05) is 0 Å². The average molecular weight is 270 g/mol. The van der Waals surface area contributed by atoms with Crippen molar-refractivity contribution in [2.24, 2.45) is 5.92 Å². The fraction of sp³-hybridized carbons (Fsp3) is 0.333. The summed E-state index contributed by atoms with van der Waals surface area (Å²) in [6.45, 7) is 1.92. The van der Waals surface area contributed by atoms with Gasteiger partial charge in [-0.2, -0.15) is 0 Å². The quantitative estimate of drug-likeness (QED) is 0.624. The molecule has 5 nitrogen and oxygen atoms in total. The van der Waals surface area contributed by atoms with Gasteiger partial charge in [-0.3, -0.25) is 14.8 Å². The summed E-state index contributed by atoms with van der Waals surface area (Å²) in [6.07, 6.45) is 4.43. The molecule has 0 spiro atoms. The lowest BCUT2D eigenvalue weighted by atomic mass is 10.0. The van der Waals surface area contributed by atoms with E-state index in [-0.39, 0.29) is 12.5 Å². The highest BCUT2D eigenvalue weighted by Crippen LogP contribution is 2.30. The largest absolute Gasteiger partial charge is 0.460 e. The minimum atomic E-state index is -0.730. The summed E-state index contributed by atoms with van der Waals surface area (Å²) in [4.78, 5) is 32.0. The molecule has 1 aromatic heterocycles. The van der Waals surface area contributed by atoms with Crippen LogP contribution in [0.25, 0.3) is 11.0 Å². The minimum Gasteiger partial charge on any atom is -0.460 e. The van der Waals surface area contributed by atoms with Gasteiger partial charge < -0.3 is 4.74 Å². The first-order valence-corrected chi connectivity index (χ1v) is 6.62. The van der Waals surface area contributed by atoms with Crippen molar-refractivity contribution in [2.45, 2.75) is 19.8 Å². The number of aromatic nitrogens is 2. The third kappa shape index (κ3) is 2.15. The Balaban J connectivity index is 1.86. The van der Waals surface area contributed by atoms with Gasteiger partial charge in [0.05, 0.1) is 17.6 Å². The Kier molecular flexibility index (Phi) is 3.18. The number of esters is 1. The molecule has 0 aliphatic heterocycles. The Morgan fingerprint density at radius 3 is 2.20 bits per heavy atom. The lowest BCUT2D eigenvalue weighted by Gasteiger charge is -2.06. The number of carbonyl (C=O) groups is 2. The number of fused-ring (bicyclic) bond motifs is 2. The topological polar surface area (TPSA) is 69.2 Å².